The summed E-state index contributed by atoms with van der Waals surface area (Å²) in [5.41, 5.74) is 1.06. The molecule has 0 aliphatic carbocycles. The summed E-state index contributed by atoms with van der Waals surface area (Å²) >= 11 is 3.24. The molecule has 0 aromatic heterocycles. The summed E-state index contributed by atoms with van der Waals surface area (Å²) in [6, 6.07) is 19.6. The highest BCUT2D eigenvalue weighted by atomic mass is 79.9. The van der Waals surface area contributed by atoms with E-state index < -0.39 is 5.72 Å². The molecule has 0 N–H and O–H groups in total. The Labute approximate surface area is 190 Å². The van der Waals surface area contributed by atoms with Crippen LogP contribution in [-0.4, -0.2) is 29.8 Å². The van der Waals surface area contributed by atoms with Gasteiger partial charge in [-0.3, -0.25) is 9.79 Å². The van der Waals surface area contributed by atoms with Crippen molar-refractivity contribution < 1.29 is 14.3 Å². The second kappa shape index (κ2) is 8.35. The third-order valence-electron chi connectivity index (χ3n) is 5.62. The van der Waals surface area contributed by atoms with Crippen molar-refractivity contribution in [2.45, 2.75) is 31.3 Å². The average Bonchev–Trinajstić information content (AvgIpc) is 2.78. The first-order valence-electron chi connectivity index (χ1n) is 10.3. The molecule has 2 atom stereocenters. The first-order chi connectivity index (χ1) is 14.8. The summed E-state index contributed by atoms with van der Waals surface area (Å²) in [4.78, 5) is 18.6. The number of ether oxygens (including phenoxy) is 2. The number of fused-ring (bicyclic) bond motifs is 3. The van der Waals surface area contributed by atoms with Gasteiger partial charge >= 0.3 is 5.97 Å². The van der Waals surface area contributed by atoms with Crippen LogP contribution in [0.2, 0.25) is 0 Å². The fourth-order valence-electron chi connectivity index (χ4n) is 3.76. The molecule has 0 spiro atoms. The number of esters is 1. The van der Waals surface area contributed by atoms with Crippen LogP contribution < -0.4 is 14.4 Å². The third-order valence-corrected chi connectivity index (χ3v) is 5.99. The van der Waals surface area contributed by atoms with Gasteiger partial charge in [-0.25, -0.2) is 0 Å². The topological polar surface area (TPSA) is 51.1 Å². The average molecular weight is 481 g/mol. The quantitative estimate of drug-likeness (QED) is 0.251. The zero-order valence-corrected chi connectivity index (χ0v) is 19.6. The van der Waals surface area contributed by atoms with Crippen LogP contribution >= 0.6 is 15.9 Å². The number of anilines is 1. The van der Waals surface area contributed by atoms with Gasteiger partial charge in [-0.05, 0) is 42.6 Å². The number of carbonyl (C=O) groups is 1. The monoisotopic (exact) mass is 480 g/mol. The number of para-hydroxylation sites is 1. The van der Waals surface area contributed by atoms with Crippen molar-refractivity contribution in [3.63, 3.8) is 0 Å². The zero-order chi connectivity index (χ0) is 22.2. The first kappa shape index (κ1) is 21.4. The summed E-state index contributed by atoms with van der Waals surface area (Å²) in [7, 11) is 2.02. The highest BCUT2D eigenvalue weighted by Crippen LogP contribution is 2.44. The number of halogens is 1. The predicted octanol–water partition coefficient (Wildman–Crippen LogP) is 6.11. The largest absolute Gasteiger partial charge is 0.460 e. The molecule has 0 saturated heterocycles. The van der Waals surface area contributed by atoms with Crippen LogP contribution in [0.3, 0.4) is 0 Å². The van der Waals surface area contributed by atoms with Crippen LogP contribution in [0.1, 0.15) is 20.8 Å². The Balaban J connectivity index is 1.76. The Hall–Kier alpha value is -2.86. The van der Waals surface area contributed by atoms with E-state index in [9.17, 15) is 4.79 Å². The number of carbonyl (C=O) groups excluding carboxylic acids is 1. The van der Waals surface area contributed by atoms with Crippen molar-refractivity contribution in [2.75, 3.05) is 11.9 Å². The lowest BCUT2D eigenvalue weighted by Crippen LogP contribution is -2.58. The van der Waals surface area contributed by atoms with E-state index in [1.54, 1.807) is 13.0 Å². The van der Waals surface area contributed by atoms with E-state index in [0.29, 0.717) is 11.5 Å². The summed E-state index contributed by atoms with van der Waals surface area (Å²) in [6.07, 6.45) is 1.88. The van der Waals surface area contributed by atoms with E-state index >= 15 is 0 Å². The summed E-state index contributed by atoms with van der Waals surface area (Å²) in [6.45, 7) is 5.98. The Morgan fingerprint density at radius 3 is 2.48 bits per heavy atom. The van der Waals surface area contributed by atoms with Gasteiger partial charge in [0.1, 0.15) is 22.0 Å². The van der Waals surface area contributed by atoms with Crippen LogP contribution in [0, 0.1) is 5.92 Å². The van der Waals surface area contributed by atoms with Gasteiger partial charge < -0.3 is 14.4 Å². The molecule has 0 fully saturated rings. The Kier molecular flexibility index (Phi) is 5.75. The molecule has 5 nitrogen and oxygen atoms in total. The van der Waals surface area contributed by atoms with Gasteiger partial charge in [0.2, 0.25) is 5.72 Å². The van der Waals surface area contributed by atoms with Gasteiger partial charge in [-0.1, -0.05) is 60.1 Å². The number of rotatable bonds is 5. The predicted molar refractivity (Wildman–Crippen MR) is 129 cm³/mol. The molecule has 0 bridgehead atoms. The Morgan fingerprint density at radius 1 is 1.10 bits per heavy atom. The highest BCUT2D eigenvalue weighted by Gasteiger charge is 2.42. The Bertz CT molecular complexity index is 1140. The Morgan fingerprint density at radius 2 is 1.81 bits per heavy atom. The SMILES string of the molecule is CC(Br)C(=O)Oc1ccc2ccc3c(c2c1)N=CC(C(C)C)(N(C)c1ccccc1)O3. The van der Waals surface area contributed by atoms with Gasteiger partial charge in [0, 0.05) is 24.0 Å². The number of aliphatic imine (C=N–C) groups is 1. The minimum Gasteiger partial charge on any atom is -0.460 e. The molecule has 0 amide bonds. The summed E-state index contributed by atoms with van der Waals surface area (Å²) in [5, 5.41) is 1.88. The molecule has 6 heteroatoms. The third kappa shape index (κ3) is 3.92. The smallest absolute Gasteiger partial charge is 0.324 e. The summed E-state index contributed by atoms with van der Waals surface area (Å²) < 4.78 is 12.1. The normalized spacial score (nSPS) is 18.4. The van der Waals surface area contributed by atoms with Gasteiger partial charge in [0.25, 0.3) is 0 Å². The minimum atomic E-state index is -0.725. The lowest BCUT2D eigenvalue weighted by molar-refractivity contribution is -0.133. The van der Waals surface area contributed by atoms with Gasteiger partial charge in [-0.15, -0.1) is 0 Å². The maximum atomic E-state index is 12.0. The van der Waals surface area contributed by atoms with Crippen molar-refractivity contribution >= 4 is 50.3 Å². The minimum absolute atomic E-state index is 0.137. The van der Waals surface area contributed by atoms with Crippen LogP contribution in [-0.2, 0) is 4.79 Å². The van der Waals surface area contributed by atoms with E-state index in [1.165, 1.54) is 0 Å². The molecule has 3 aromatic rings. The molecule has 1 aliphatic rings. The molecule has 2 unspecified atom stereocenters. The fraction of sp³-hybridized carbons (Fsp3) is 0.280. The standard InChI is InChI=1S/C25H25BrN2O3/c1-16(2)25(28(4)19-8-6-5-7-9-19)15-27-23-21-14-20(30-24(29)17(3)26)12-10-18(21)11-13-22(23)31-25/h5-17H,1-4H3. The molecular formula is C25H25BrN2O3. The van der Waals surface area contributed by atoms with Gasteiger partial charge in [0.05, 0.1) is 6.21 Å². The molecule has 0 radical (unpaired) electrons. The number of hydrogen-bond donors (Lipinski definition) is 0. The van der Waals surface area contributed by atoms with E-state index in [0.717, 1.165) is 22.1 Å². The van der Waals surface area contributed by atoms with Gasteiger partial charge in [-0.2, -0.15) is 0 Å². The van der Waals surface area contributed by atoms with Crippen LogP contribution in [0.4, 0.5) is 11.4 Å². The highest BCUT2D eigenvalue weighted by molar-refractivity contribution is 9.10. The maximum absolute atomic E-state index is 12.0. The molecule has 3 aromatic carbocycles. The molecule has 4 rings (SSSR count). The van der Waals surface area contributed by atoms with E-state index in [2.05, 4.69) is 46.8 Å². The first-order valence-corrected chi connectivity index (χ1v) is 11.2. The fourth-order valence-corrected chi connectivity index (χ4v) is 3.85. The van der Waals surface area contributed by atoms with Crippen molar-refractivity contribution in [1.82, 2.24) is 0 Å². The molecule has 1 aliphatic heterocycles. The van der Waals surface area contributed by atoms with Crippen LogP contribution in [0.25, 0.3) is 10.8 Å². The van der Waals surface area contributed by atoms with E-state index in [1.807, 2.05) is 55.7 Å². The van der Waals surface area contributed by atoms with Gasteiger partial charge in [0.15, 0.2) is 0 Å². The summed E-state index contributed by atoms with van der Waals surface area (Å²) in [5.74, 6) is 0.975. The molecule has 1 heterocycles. The van der Waals surface area contributed by atoms with Crippen LogP contribution in [0.5, 0.6) is 11.5 Å². The number of hydrogen-bond acceptors (Lipinski definition) is 5. The maximum Gasteiger partial charge on any atom is 0.324 e. The molecule has 31 heavy (non-hydrogen) atoms. The second-order valence-electron chi connectivity index (χ2n) is 7.99. The second-order valence-corrected chi connectivity index (χ2v) is 9.37. The number of nitrogens with zero attached hydrogens (tertiary/aromatic N) is 2. The lowest BCUT2D eigenvalue weighted by atomic mass is 9.96. The van der Waals surface area contributed by atoms with Crippen molar-refractivity contribution in [3.8, 4) is 11.5 Å². The van der Waals surface area contributed by atoms with Crippen molar-refractivity contribution in [1.29, 1.82) is 0 Å². The van der Waals surface area contributed by atoms with E-state index in [4.69, 9.17) is 14.5 Å². The molecule has 0 saturated carbocycles. The number of benzene rings is 3. The number of alkyl halides is 1. The molecule has 160 valence electrons. The zero-order valence-electron chi connectivity index (χ0n) is 18.0. The van der Waals surface area contributed by atoms with E-state index in [-0.39, 0.29) is 16.7 Å². The lowest BCUT2D eigenvalue weighted by Gasteiger charge is -2.45. The van der Waals surface area contributed by atoms with Crippen LogP contribution in [0.15, 0.2) is 65.7 Å². The molecular weight excluding hydrogens is 456 g/mol. The van der Waals surface area contributed by atoms with Crippen molar-refractivity contribution in [3.05, 3.63) is 60.7 Å². The van der Waals surface area contributed by atoms with Crippen molar-refractivity contribution in [2.24, 2.45) is 10.9 Å².